The molecule has 1 aromatic rings. The van der Waals surface area contributed by atoms with Gasteiger partial charge in [0.05, 0.1) is 5.92 Å². The topological polar surface area (TPSA) is 29.1 Å². The van der Waals surface area contributed by atoms with E-state index in [1.165, 1.54) is 0 Å². The maximum Gasteiger partial charge on any atom is 0.227 e. The molecular formula is C14H20ClNO. The molecule has 0 aliphatic rings. The minimum Gasteiger partial charge on any atom is -0.356 e. The van der Waals surface area contributed by atoms with E-state index in [0.29, 0.717) is 6.54 Å². The third-order valence-corrected chi connectivity index (χ3v) is 2.99. The molecule has 0 radical (unpaired) electrons. The molecule has 17 heavy (non-hydrogen) atoms. The van der Waals surface area contributed by atoms with Crippen molar-refractivity contribution < 1.29 is 4.79 Å². The van der Waals surface area contributed by atoms with E-state index < -0.39 is 0 Å². The first-order valence-corrected chi connectivity index (χ1v) is 6.51. The standard InChI is InChI=1S/C14H20ClNO/c1-11(15)7-6-10-16-14(17)12(2)13-8-4-3-5-9-13/h3-5,8-9,11-12H,6-7,10H2,1-2H3,(H,16,17). The summed E-state index contributed by atoms with van der Waals surface area (Å²) in [5.74, 6) is -0.0111. The predicted octanol–water partition coefficient (Wildman–Crippen LogP) is 3.31. The number of benzene rings is 1. The maximum atomic E-state index is 11.8. The van der Waals surface area contributed by atoms with Crippen molar-refractivity contribution in [3.63, 3.8) is 0 Å². The summed E-state index contributed by atoms with van der Waals surface area (Å²) < 4.78 is 0. The first-order chi connectivity index (χ1) is 8.11. The molecular weight excluding hydrogens is 234 g/mol. The highest BCUT2D eigenvalue weighted by atomic mass is 35.5. The normalized spacial score (nSPS) is 14.1. The zero-order chi connectivity index (χ0) is 12.7. The zero-order valence-corrected chi connectivity index (χ0v) is 11.2. The number of carbonyl (C=O) groups is 1. The van der Waals surface area contributed by atoms with E-state index in [2.05, 4.69) is 5.32 Å². The SMILES string of the molecule is CC(Cl)CCCNC(=O)C(C)c1ccccc1. The minimum absolute atomic E-state index is 0.0819. The van der Waals surface area contributed by atoms with E-state index >= 15 is 0 Å². The van der Waals surface area contributed by atoms with Crippen LogP contribution in [0.2, 0.25) is 0 Å². The van der Waals surface area contributed by atoms with Crippen molar-refractivity contribution in [3.8, 4) is 0 Å². The highest BCUT2D eigenvalue weighted by molar-refractivity contribution is 6.20. The summed E-state index contributed by atoms with van der Waals surface area (Å²) in [4.78, 5) is 11.8. The Labute approximate surface area is 108 Å². The Morgan fingerprint density at radius 3 is 2.53 bits per heavy atom. The first kappa shape index (κ1) is 14.0. The molecule has 94 valence electrons. The molecule has 0 aliphatic heterocycles. The molecule has 0 spiro atoms. The molecule has 2 unspecified atom stereocenters. The highest BCUT2D eigenvalue weighted by Gasteiger charge is 2.13. The Kier molecular flexibility index (Phi) is 6.06. The molecule has 0 heterocycles. The molecule has 1 aromatic carbocycles. The van der Waals surface area contributed by atoms with Crippen molar-refractivity contribution in [2.24, 2.45) is 0 Å². The van der Waals surface area contributed by atoms with Crippen LogP contribution >= 0.6 is 11.6 Å². The van der Waals surface area contributed by atoms with E-state index in [1.807, 2.05) is 44.2 Å². The van der Waals surface area contributed by atoms with Gasteiger partial charge in [0.15, 0.2) is 0 Å². The third-order valence-electron chi connectivity index (χ3n) is 2.77. The van der Waals surface area contributed by atoms with E-state index in [0.717, 1.165) is 18.4 Å². The molecule has 0 bridgehead atoms. The molecule has 1 amide bonds. The fourth-order valence-electron chi connectivity index (χ4n) is 1.64. The summed E-state index contributed by atoms with van der Waals surface area (Å²) in [5, 5.41) is 3.12. The van der Waals surface area contributed by atoms with E-state index in [1.54, 1.807) is 0 Å². The summed E-state index contributed by atoms with van der Waals surface area (Å²) in [5.41, 5.74) is 1.05. The lowest BCUT2D eigenvalue weighted by molar-refractivity contribution is -0.122. The second kappa shape index (κ2) is 7.33. The molecule has 0 aliphatic carbocycles. The summed E-state index contributed by atoms with van der Waals surface area (Å²) in [6.45, 7) is 4.60. The summed E-state index contributed by atoms with van der Waals surface area (Å²) in [7, 11) is 0. The Balaban J connectivity index is 2.33. The number of nitrogens with one attached hydrogen (secondary N) is 1. The van der Waals surface area contributed by atoms with Crippen LogP contribution in [-0.4, -0.2) is 17.8 Å². The van der Waals surface area contributed by atoms with Gasteiger partial charge < -0.3 is 5.32 Å². The van der Waals surface area contributed by atoms with Gasteiger partial charge in [-0.3, -0.25) is 4.79 Å². The lowest BCUT2D eigenvalue weighted by Gasteiger charge is -2.12. The van der Waals surface area contributed by atoms with Crippen LogP contribution in [0.3, 0.4) is 0 Å². The van der Waals surface area contributed by atoms with Crippen LogP contribution in [0.1, 0.15) is 38.2 Å². The summed E-state index contributed by atoms with van der Waals surface area (Å²) in [6.07, 6.45) is 1.86. The fourth-order valence-corrected chi connectivity index (χ4v) is 1.80. The Bertz CT molecular complexity index is 337. The largest absolute Gasteiger partial charge is 0.356 e. The average Bonchev–Trinajstić information content (AvgIpc) is 2.34. The number of halogens is 1. The summed E-state index contributed by atoms with van der Waals surface area (Å²) >= 11 is 5.84. The van der Waals surface area contributed by atoms with Crippen molar-refractivity contribution >= 4 is 17.5 Å². The first-order valence-electron chi connectivity index (χ1n) is 6.08. The van der Waals surface area contributed by atoms with Gasteiger partial charge in [-0.05, 0) is 32.3 Å². The van der Waals surface area contributed by atoms with Crippen molar-refractivity contribution in [3.05, 3.63) is 35.9 Å². The number of hydrogen-bond acceptors (Lipinski definition) is 1. The van der Waals surface area contributed by atoms with Crippen molar-refractivity contribution in [2.75, 3.05) is 6.54 Å². The second-order valence-corrected chi connectivity index (χ2v) is 5.09. The number of amides is 1. The van der Waals surface area contributed by atoms with Gasteiger partial charge in [-0.25, -0.2) is 0 Å². The van der Waals surface area contributed by atoms with Gasteiger partial charge in [0.1, 0.15) is 0 Å². The molecule has 2 atom stereocenters. The van der Waals surface area contributed by atoms with Crippen LogP contribution < -0.4 is 5.32 Å². The second-order valence-electron chi connectivity index (χ2n) is 4.35. The van der Waals surface area contributed by atoms with Gasteiger partial charge >= 0.3 is 0 Å². The van der Waals surface area contributed by atoms with Crippen molar-refractivity contribution in [2.45, 2.75) is 38.0 Å². The van der Waals surface area contributed by atoms with Crippen LogP contribution in [0, 0.1) is 0 Å². The molecule has 0 aromatic heterocycles. The lowest BCUT2D eigenvalue weighted by atomic mass is 10.0. The van der Waals surface area contributed by atoms with E-state index in [4.69, 9.17) is 11.6 Å². The number of alkyl halides is 1. The van der Waals surface area contributed by atoms with Gasteiger partial charge in [-0.1, -0.05) is 30.3 Å². The van der Waals surface area contributed by atoms with Crippen LogP contribution in [0.5, 0.6) is 0 Å². The monoisotopic (exact) mass is 253 g/mol. The molecule has 0 fully saturated rings. The minimum atomic E-state index is -0.0929. The van der Waals surface area contributed by atoms with Gasteiger partial charge in [-0.2, -0.15) is 0 Å². The third kappa shape index (κ3) is 5.22. The van der Waals surface area contributed by atoms with Crippen LogP contribution in [0.4, 0.5) is 0 Å². The Morgan fingerprint density at radius 1 is 1.29 bits per heavy atom. The van der Waals surface area contributed by atoms with Crippen molar-refractivity contribution in [1.29, 1.82) is 0 Å². The molecule has 2 nitrogen and oxygen atoms in total. The van der Waals surface area contributed by atoms with E-state index in [9.17, 15) is 4.79 Å². The smallest absolute Gasteiger partial charge is 0.227 e. The average molecular weight is 254 g/mol. The predicted molar refractivity (Wildman–Crippen MR) is 72.4 cm³/mol. The molecule has 0 saturated carbocycles. The lowest BCUT2D eigenvalue weighted by Crippen LogP contribution is -2.29. The quantitative estimate of drug-likeness (QED) is 0.612. The molecule has 0 saturated heterocycles. The van der Waals surface area contributed by atoms with Gasteiger partial charge in [0.25, 0.3) is 0 Å². The molecule has 3 heteroatoms. The van der Waals surface area contributed by atoms with Crippen LogP contribution in [0.25, 0.3) is 0 Å². The van der Waals surface area contributed by atoms with Gasteiger partial charge in [-0.15, -0.1) is 11.6 Å². The fraction of sp³-hybridized carbons (Fsp3) is 0.500. The summed E-state index contributed by atoms with van der Waals surface area (Å²) in [6, 6.07) is 9.81. The van der Waals surface area contributed by atoms with E-state index in [-0.39, 0.29) is 17.2 Å². The Hall–Kier alpha value is -1.02. The zero-order valence-electron chi connectivity index (χ0n) is 10.4. The van der Waals surface area contributed by atoms with Gasteiger partial charge in [0.2, 0.25) is 5.91 Å². The maximum absolute atomic E-state index is 11.8. The number of hydrogen-bond donors (Lipinski definition) is 1. The molecule has 1 N–H and O–H groups in total. The Morgan fingerprint density at radius 2 is 1.94 bits per heavy atom. The van der Waals surface area contributed by atoms with Crippen LogP contribution in [0.15, 0.2) is 30.3 Å². The molecule has 1 rings (SSSR count). The highest BCUT2D eigenvalue weighted by Crippen LogP contribution is 2.14. The van der Waals surface area contributed by atoms with Crippen LogP contribution in [-0.2, 0) is 4.79 Å². The van der Waals surface area contributed by atoms with Gasteiger partial charge in [0, 0.05) is 11.9 Å². The van der Waals surface area contributed by atoms with Crippen molar-refractivity contribution in [1.82, 2.24) is 5.32 Å². The number of carbonyl (C=O) groups excluding carboxylic acids is 1. The number of rotatable bonds is 6.